The van der Waals surface area contributed by atoms with E-state index < -0.39 is 17.6 Å². The normalized spacial score (nSPS) is 12.5. The molecule has 0 fully saturated rings. The molecule has 0 heterocycles. The molecular formula is C10H20O4Si2. The molecule has 0 spiro atoms. The second-order valence-corrected chi connectivity index (χ2v) is 9.89. The van der Waals surface area contributed by atoms with E-state index >= 15 is 0 Å². The van der Waals surface area contributed by atoms with Crippen molar-refractivity contribution in [3.63, 3.8) is 0 Å². The fourth-order valence-electron chi connectivity index (χ4n) is 1.53. The van der Waals surface area contributed by atoms with Crippen LogP contribution in [0.15, 0.2) is 10.4 Å². The summed E-state index contributed by atoms with van der Waals surface area (Å²) in [4.78, 5) is 23.4. The van der Waals surface area contributed by atoms with Crippen LogP contribution in [0.5, 0.6) is 0 Å². The highest BCUT2D eigenvalue weighted by Gasteiger charge is 2.27. The molecule has 0 N–H and O–H groups in total. The Balaban J connectivity index is 5.63. The summed E-state index contributed by atoms with van der Waals surface area (Å²) in [6.07, 6.45) is 0. The predicted molar refractivity (Wildman–Crippen MR) is 68.8 cm³/mol. The average Bonchev–Trinajstić information content (AvgIpc) is 2.22. The fourth-order valence-corrected chi connectivity index (χ4v) is 6.19. The molecular weight excluding hydrogens is 240 g/mol. The maximum absolute atomic E-state index is 11.7. The van der Waals surface area contributed by atoms with Crippen LogP contribution in [-0.4, -0.2) is 43.8 Å². The Morgan fingerprint density at radius 3 is 1.12 bits per heavy atom. The molecule has 0 aromatic rings. The summed E-state index contributed by atoms with van der Waals surface area (Å²) in [6.45, 7) is 8.02. The maximum atomic E-state index is 11.7. The standard InChI is InChI=1S/C10H20O4Si2/c1-13-9(11)7(15(3)4)8(16(5)6)10(12)14-2/h15-16H,1-6H3/b8-7-. The molecule has 0 aromatic heterocycles. The first-order chi connectivity index (χ1) is 7.36. The molecule has 0 saturated heterocycles. The zero-order valence-electron chi connectivity index (χ0n) is 10.8. The van der Waals surface area contributed by atoms with E-state index in [2.05, 4.69) is 0 Å². The van der Waals surface area contributed by atoms with Gasteiger partial charge in [0.2, 0.25) is 0 Å². The first-order valence-corrected chi connectivity index (χ1v) is 11.0. The topological polar surface area (TPSA) is 52.6 Å². The molecule has 0 aliphatic heterocycles. The molecule has 0 unspecified atom stereocenters. The minimum atomic E-state index is -1.41. The Labute approximate surface area is 99.8 Å². The lowest BCUT2D eigenvalue weighted by Crippen LogP contribution is -2.29. The van der Waals surface area contributed by atoms with Gasteiger partial charge in [-0.25, -0.2) is 9.59 Å². The van der Waals surface area contributed by atoms with E-state index in [1.54, 1.807) is 0 Å². The summed E-state index contributed by atoms with van der Waals surface area (Å²) < 4.78 is 9.50. The van der Waals surface area contributed by atoms with Crippen molar-refractivity contribution < 1.29 is 19.1 Å². The van der Waals surface area contributed by atoms with Crippen molar-refractivity contribution in [1.82, 2.24) is 0 Å². The molecule has 0 aliphatic rings. The number of ether oxygens (including phenoxy) is 2. The molecule has 0 bridgehead atoms. The third-order valence-electron chi connectivity index (χ3n) is 2.26. The summed E-state index contributed by atoms with van der Waals surface area (Å²) in [7, 11) is -0.126. The van der Waals surface area contributed by atoms with E-state index in [0.717, 1.165) is 0 Å². The van der Waals surface area contributed by atoms with E-state index in [9.17, 15) is 9.59 Å². The highest BCUT2D eigenvalue weighted by Crippen LogP contribution is 2.15. The van der Waals surface area contributed by atoms with Crippen LogP contribution in [0.1, 0.15) is 0 Å². The number of methoxy groups -OCH3 is 2. The second kappa shape index (κ2) is 6.64. The number of hydrogen-bond donors (Lipinski definition) is 0. The number of hydrogen-bond acceptors (Lipinski definition) is 4. The van der Waals surface area contributed by atoms with Crippen LogP contribution in [0.2, 0.25) is 26.2 Å². The van der Waals surface area contributed by atoms with Crippen LogP contribution in [0.4, 0.5) is 0 Å². The van der Waals surface area contributed by atoms with Gasteiger partial charge in [0.1, 0.15) is 0 Å². The monoisotopic (exact) mass is 260 g/mol. The van der Waals surface area contributed by atoms with Crippen LogP contribution < -0.4 is 0 Å². The van der Waals surface area contributed by atoms with Gasteiger partial charge in [-0.05, 0) is 0 Å². The highest BCUT2D eigenvalue weighted by atomic mass is 28.3. The number of carbonyl (C=O) groups is 2. The van der Waals surface area contributed by atoms with Gasteiger partial charge in [-0.3, -0.25) is 0 Å². The average molecular weight is 260 g/mol. The smallest absolute Gasteiger partial charge is 0.329 e. The minimum absolute atomic E-state index is 0.372. The molecule has 0 amide bonds. The molecule has 16 heavy (non-hydrogen) atoms. The molecule has 0 radical (unpaired) electrons. The summed E-state index contributed by atoms with van der Waals surface area (Å²) in [5.74, 6) is -0.744. The summed E-state index contributed by atoms with van der Waals surface area (Å²) in [5, 5.41) is 1.19. The Hall–Kier alpha value is -0.886. The van der Waals surface area contributed by atoms with Gasteiger partial charge in [-0.2, -0.15) is 0 Å². The third kappa shape index (κ3) is 3.60. The second-order valence-electron chi connectivity index (χ2n) is 4.12. The molecule has 0 atom stereocenters. The molecule has 0 rings (SSSR count). The van der Waals surface area contributed by atoms with Crippen LogP contribution in [-0.2, 0) is 19.1 Å². The predicted octanol–water partition coefficient (Wildman–Crippen LogP) is 0.681. The summed E-state index contributed by atoms with van der Waals surface area (Å²) in [5.41, 5.74) is 0. The van der Waals surface area contributed by atoms with Crippen LogP contribution in [0.25, 0.3) is 0 Å². The van der Waals surface area contributed by atoms with Crippen LogP contribution >= 0.6 is 0 Å². The van der Waals surface area contributed by atoms with Crippen molar-refractivity contribution in [2.45, 2.75) is 26.2 Å². The van der Waals surface area contributed by atoms with Gasteiger partial charge in [-0.1, -0.05) is 26.2 Å². The Kier molecular flexibility index (Phi) is 6.28. The molecule has 0 aliphatic carbocycles. The van der Waals surface area contributed by atoms with Gasteiger partial charge in [0.25, 0.3) is 0 Å². The van der Waals surface area contributed by atoms with E-state index in [0.29, 0.717) is 10.4 Å². The lowest BCUT2D eigenvalue weighted by molar-refractivity contribution is -0.138. The Morgan fingerprint density at radius 1 is 0.750 bits per heavy atom. The molecule has 0 saturated carbocycles. The van der Waals surface area contributed by atoms with Crippen molar-refractivity contribution >= 4 is 29.5 Å². The van der Waals surface area contributed by atoms with E-state index in [-0.39, 0.29) is 11.9 Å². The van der Waals surface area contributed by atoms with Crippen molar-refractivity contribution in [3.05, 3.63) is 10.4 Å². The molecule has 4 nitrogen and oxygen atoms in total. The van der Waals surface area contributed by atoms with E-state index in [1.807, 2.05) is 26.2 Å². The van der Waals surface area contributed by atoms with E-state index in [1.165, 1.54) is 14.2 Å². The zero-order valence-corrected chi connectivity index (χ0v) is 13.1. The Bertz CT molecular complexity index is 278. The van der Waals surface area contributed by atoms with Crippen molar-refractivity contribution in [3.8, 4) is 0 Å². The van der Waals surface area contributed by atoms with Gasteiger partial charge in [-0.15, -0.1) is 0 Å². The van der Waals surface area contributed by atoms with Crippen molar-refractivity contribution in [2.24, 2.45) is 0 Å². The fraction of sp³-hybridized carbons (Fsp3) is 0.600. The number of esters is 2. The van der Waals surface area contributed by atoms with Gasteiger partial charge in [0, 0.05) is 10.4 Å². The SMILES string of the molecule is COC(=O)/C(=C(\C(=O)OC)[SiH](C)C)[SiH](C)C. The first kappa shape index (κ1) is 15.1. The van der Waals surface area contributed by atoms with Crippen molar-refractivity contribution in [1.29, 1.82) is 0 Å². The van der Waals surface area contributed by atoms with Gasteiger partial charge in [0.15, 0.2) is 0 Å². The molecule has 6 heteroatoms. The van der Waals surface area contributed by atoms with Crippen LogP contribution in [0, 0.1) is 0 Å². The molecule has 0 aromatic carbocycles. The highest BCUT2D eigenvalue weighted by molar-refractivity contribution is 6.78. The largest absolute Gasteiger partial charge is 0.466 e. The van der Waals surface area contributed by atoms with Crippen molar-refractivity contribution in [2.75, 3.05) is 14.2 Å². The van der Waals surface area contributed by atoms with Gasteiger partial charge in [0.05, 0.1) is 31.8 Å². The lowest BCUT2D eigenvalue weighted by Gasteiger charge is -2.16. The lowest BCUT2D eigenvalue weighted by atomic mass is 10.5. The summed E-state index contributed by atoms with van der Waals surface area (Å²) in [6, 6.07) is 0. The summed E-state index contributed by atoms with van der Waals surface area (Å²) >= 11 is 0. The third-order valence-corrected chi connectivity index (χ3v) is 5.99. The number of rotatable bonds is 4. The zero-order chi connectivity index (χ0) is 12.9. The first-order valence-electron chi connectivity index (χ1n) is 5.27. The van der Waals surface area contributed by atoms with Gasteiger partial charge >= 0.3 is 11.9 Å². The number of carbonyl (C=O) groups excluding carboxylic acids is 2. The van der Waals surface area contributed by atoms with E-state index in [4.69, 9.17) is 9.47 Å². The minimum Gasteiger partial charge on any atom is -0.466 e. The quantitative estimate of drug-likeness (QED) is 0.424. The maximum Gasteiger partial charge on any atom is 0.329 e. The Morgan fingerprint density at radius 2 is 1.00 bits per heavy atom. The molecule has 92 valence electrons. The van der Waals surface area contributed by atoms with Crippen LogP contribution in [0.3, 0.4) is 0 Å². The van der Waals surface area contributed by atoms with Gasteiger partial charge < -0.3 is 9.47 Å².